The monoisotopic (exact) mass is 335 g/mol. The first kappa shape index (κ1) is 14.7. The van der Waals surface area contributed by atoms with Crippen molar-refractivity contribution >= 4 is 40.6 Å². The second-order valence-electron chi connectivity index (χ2n) is 4.77. The molecule has 2 heterocycles. The first-order valence-corrected chi connectivity index (χ1v) is 7.17. The number of anilines is 1. The van der Waals surface area contributed by atoms with Crippen LogP contribution >= 0.6 is 23.2 Å². The Morgan fingerprint density at radius 1 is 1.14 bits per heavy atom. The van der Waals surface area contributed by atoms with E-state index in [0.29, 0.717) is 21.5 Å². The van der Waals surface area contributed by atoms with E-state index in [-0.39, 0.29) is 5.82 Å². The molecule has 0 atom stereocenters. The summed E-state index contributed by atoms with van der Waals surface area (Å²) in [6.07, 6.45) is 0. The highest BCUT2D eigenvalue weighted by Gasteiger charge is 2.15. The molecule has 0 bridgehead atoms. The highest BCUT2D eigenvalue weighted by molar-refractivity contribution is 6.42. The molecule has 0 aliphatic heterocycles. The molecule has 8 heteroatoms. The summed E-state index contributed by atoms with van der Waals surface area (Å²) in [5.74, 6) is -0.0231. The zero-order valence-electron chi connectivity index (χ0n) is 11.8. The van der Waals surface area contributed by atoms with Gasteiger partial charge in [0.05, 0.1) is 10.0 Å². The highest BCUT2D eigenvalue weighted by Crippen LogP contribution is 2.25. The van der Waals surface area contributed by atoms with Gasteiger partial charge < -0.3 is 5.32 Å². The van der Waals surface area contributed by atoms with Gasteiger partial charge in [-0.15, -0.1) is 5.10 Å². The topological polar surface area (TPSA) is 72.2 Å². The molecule has 3 aromatic rings. The second kappa shape index (κ2) is 5.55. The average molecular weight is 336 g/mol. The largest absolute Gasteiger partial charge is 0.319 e. The molecule has 1 amide bonds. The Morgan fingerprint density at radius 3 is 2.64 bits per heavy atom. The summed E-state index contributed by atoms with van der Waals surface area (Å²) in [5.41, 5.74) is 2.18. The Labute approximate surface area is 136 Å². The molecule has 22 heavy (non-hydrogen) atoms. The molecule has 2 aromatic heterocycles. The van der Waals surface area contributed by atoms with Crippen LogP contribution in [0, 0.1) is 13.8 Å². The molecule has 0 unspecified atom stereocenters. The summed E-state index contributed by atoms with van der Waals surface area (Å²) in [5, 5.41) is 7.61. The number of aryl methyl sites for hydroxylation is 2. The van der Waals surface area contributed by atoms with Gasteiger partial charge in [-0.2, -0.15) is 4.98 Å². The molecule has 0 saturated heterocycles. The van der Waals surface area contributed by atoms with Gasteiger partial charge in [0.1, 0.15) is 0 Å². The number of amides is 1. The number of nitrogens with one attached hydrogen (secondary N) is 1. The lowest BCUT2D eigenvalue weighted by atomic mass is 10.3. The number of halogens is 2. The fourth-order valence-corrected chi connectivity index (χ4v) is 2.32. The predicted octanol–water partition coefficient (Wildman–Crippen LogP) is 3.30. The van der Waals surface area contributed by atoms with Gasteiger partial charge in [0.2, 0.25) is 5.82 Å². The molecule has 3 rings (SSSR count). The van der Waals surface area contributed by atoms with Crippen molar-refractivity contribution in [1.29, 1.82) is 0 Å². The maximum atomic E-state index is 12.2. The maximum absolute atomic E-state index is 12.2. The zero-order valence-corrected chi connectivity index (χ0v) is 13.3. The molecule has 0 spiro atoms. The SMILES string of the molecule is Cc1cc(C)n2nc(C(=O)Nc3ccc(Cl)c(Cl)c3)nc2n1. The van der Waals surface area contributed by atoms with Gasteiger partial charge in [-0.25, -0.2) is 9.50 Å². The summed E-state index contributed by atoms with van der Waals surface area (Å²) in [6.45, 7) is 3.73. The third-order valence-corrected chi connectivity index (χ3v) is 3.74. The quantitative estimate of drug-likeness (QED) is 0.779. The van der Waals surface area contributed by atoms with Crippen LogP contribution in [0.25, 0.3) is 5.78 Å². The summed E-state index contributed by atoms with van der Waals surface area (Å²) in [6, 6.07) is 6.68. The van der Waals surface area contributed by atoms with Crippen molar-refractivity contribution in [3.8, 4) is 0 Å². The molecule has 112 valence electrons. The van der Waals surface area contributed by atoms with E-state index in [0.717, 1.165) is 11.4 Å². The maximum Gasteiger partial charge on any atom is 0.295 e. The summed E-state index contributed by atoms with van der Waals surface area (Å²) in [7, 11) is 0. The highest BCUT2D eigenvalue weighted by atomic mass is 35.5. The van der Waals surface area contributed by atoms with Crippen LogP contribution in [0.1, 0.15) is 22.0 Å². The fraction of sp³-hybridized carbons (Fsp3) is 0.143. The number of rotatable bonds is 2. The Bertz CT molecular complexity index is 890. The van der Waals surface area contributed by atoms with Crippen molar-refractivity contribution < 1.29 is 4.79 Å². The average Bonchev–Trinajstić information content (AvgIpc) is 2.87. The lowest BCUT2D eigenvalue weighted by Gasteiger charge is -2.03. The predicted molar refractivity (Wildman–Crippen MR) is 84.7 cm³/mol. The van der Waals surface area contributed by atoms with E-state index in [2.05, 4.69) is 20.4 Å². The van der Waals surface area contributed by atoms with Crippen molar-refractivity contribution in [2.45, 2.75) is 13.8 Å². The number of hydrogen-bond acceptors (Lipinski definition) is 4. The molecular formula is C14H11Cl2N5O. The molecule has 0 fully saturated rings. The van der Waals surface area contributed by atoms with Gasteiger partial charge in [-0.3, -0.25) is 4.79 Å². The number of carbonyl (C=O) groups excluding carboxylic acids is 1. The molecule has 0 saturated carbocycles. The van der Waals surface area contributed by atoms with Crippen molar-refractivity contribution in [2.75, 3.05) is 5.32 Å². The van der Waals surface area contributed by atoms with Gasteiger partial charge in [0.15, 0.2) is 0 Å². The Kier molecular flexibility index (Phi) is 3.72. The Hall–Kier alpha value is -2.18. The Balaban J connectivity index is 1.91. The van der Waals surface area contributed by atoms with E-state index in [1.165, 1.54) is 4.52 Å². The van der Waals surface area contributed by atoms with Crippen molar-refractivity contribution in [2.24, 2.45) is 0 Å². The van der Waals surface area contributed by atoms with Gasteiger partial charge in [0.25, 0.3) is 11.7 Å². The third kappa shape index (κ3) is 2.75. The third-order valence-electron chi connectivity index (χ3n) is 3.00. The normalized spacial score (nSPS) is 10.9. The summed E-state index contributed by atoms with van der Waals surface area (Å²) < 4.78 is 1.52. The Morgan fingerprint density at radius 2 is 1.91 bits per heavy atom. The number of fused-ring (bicyclic) bond motifs is 1. The van der Waals surface area contributed by atoms with E-state index >= 15 is 0 Å². The molecule has 0 aliphatic carbocycles. The minimum atomic E-state index is -0.444. The van der Waals surface area contributed by atoms with Crippen LogP contribution in [-0.2, 0) is 0 Å². The lowest BCUT2D eigenvalue weighted by molar-refractivity contribution is 0.101. The first-order valence-electron chi connectivity index (χ1n) is 6.41. The van der Waals surface area contributed by atoms with Crippen LogP contribution in [0.2, 0.25) is 10.0 Å². The van der Waals surface area contributed by atoms with Crippen molar-refractivity contribution in [3.05, 3.63) is 51.5 Å². The van der Waals surface area contributed by atoms with Crippen LogP contribution in [-0.4, -0.2) is 25.5 Å². The van der Waals surface area contributed by atoms with E-state index in [1.807, 2.05) is 19.9 Å². The van der Waals surface area contributed by atoms with E-state index < -0.39 is 5.91 Å². The molecule has 6 nitrogen and oxygen atoms in total. The molecule has 1 aromatic carbocycles. The zero-order chi connectivity index (χ0) is 15.9. The van der Waals surface area contributed by atoms with Crippen LogP contribution in [0.4, 0.5) is 5.69 Å². The number of aromatic nitrogens is 4. The second-order valence-corrected chi connectivity index (χ2v) is 5.58. The van der Waals surface area contributed by atoms with Crippen LogP contribution < -0.4 is 5.32 Å². The molecule has 1 N–H and O–H groups in total. The van der Waals surface area contributed by atoms with Crippen LogP contribution in [0.5, 0.6) is 0 Å². The molecular weight excluding hydrogens is 325 g/mol. The van der Waals surface area contributed by atoms with Crippen molar-refractivity contribution in [1.82, 2.24) is 19.6 Å². The minimum Gasteiger partial charge on any atom is -0.319 e. The van der Waals surface area contributed by atoms with Gasteiger partial charge in [-0.05, 0) is 38.1 Å². The van der Waals surface area contributed by atoms with Gasteiger partial charge in [-0.1, -0.05) is 23.2 Å². The minimum absolute atomic E-state index is 0.0345. The van der Waals surface area contributed by atoms with Crippen LogP contribution in [0.15, 0.2) is 24.3 Å². The summed E-state index contributed by atoms with van der Waals surface area (Å²) in [4.78, 5) is 20.6. The van der Waals surface area contributed by atoms with Crippen molar-refractivity contribution in [3.63, 3.8) is 0 Å². The van der Waals surface area contributed by atoms with Crippen LogP contribution in [0.3, 0.4) is 0 Å². The van der Waals surface area contributed by atoms with Gasteiger partial charge in [0, 0.05) is 17.1 Å². The van der Waals surface area contributed by atoms with Gasteiger partial charge >= 0.3 is 0 Å². The van der Waals surface area contributed by atoms with E-state index in [9.17, 15) is 4.79 Å². The number of hydrogen-bond donors (Lipinski definition) is 1. The number of benzene rings is 1. The standard InChI is InChI=1S/C14H11Cl2N5O/c1-7-5-8(2)21-14(17-7)19-12(20-21)13(22)18-9-3-4-10(15)11(16)6-9/h3-6H,1-2H3,(H,18,22). The molecule has 0 aliphatic rings. The molecule has 0 radical (unpaired) electrons. The first-order chi connectivity index (χ1) is 10.4. The smallest absolute Gasteiger partial charge is 0.295 e. The number of nitrogens with zero attached hydrogens (tertiary/aromatic N) is 4. The number of carbonyl (C=O) groups is 1. The van der Waals surface area contributed by atoms with E-state index in [1.54, 1.807) is 18.2 Å². The fourth-order valence-electron chi connectivity index (χ4n) is 2.02. The summed E-state index contributed by atoms with van der Waals surface area (Å²) >= 11 is 11.8. The lowest BCUT2D eigenvalue weighted by Crippen LogP contribution is -2.14. The van der Waals surface area contributed by atoms with E-state index in [4.69, 9.17) is 23.2 Å².